The molecule has 0 spiro atoms. The van der Waals surface area contributed by atoms with Crippen molar-refractivity contribution in [3.63, 3.8) is 0 Å². The molecule has 1 aromatic rings. The van der Waals surface area contributed by atoms with Crippen LogP contribution in [0.4, 0.5) is 0 Å². The monoisotopic (exact) mass is 229 g/mol. The Labute approximate surface area is 89.4 Å². The highest BCUT2D eigenvalue weighted by molar-refractivity contribution is 7.91. The molecule has 6 heteroatoms. The Kier molecular flexibility index (Phi) is 2.79. The van der Waals surface area contributed by atoms with E-state index in [0.717, 1.165) is 12.2 Å². The van der Waals surface area contributed by atoms with Crippen molar-refractivity contribution in [1.29, 1.82) is 0 Å². The number of hydrogen-bond acceptors (Lipinski definition) is 4. The average Bonchev–Trinajstić information content (AvgIpc) is 2.72. The minimum Gasteiger partial charge on any atom is -0.314 e. The van der Waals surface area contributed by atoms with Crippen molar-refractivity contribution in [3.05, 3.63) is 18.0 Å². The van der Waals surface area contributed by atoms with Gasteiger partial charge in [0.15, 0.2) is 9.84 Å². The molecule has 1 atom stereocenters. The standard InChI is InChI=1S/C9H15N3O2S/c1-10-6-8-2-4-11-12(8)9-3-5-15(13,14)7-9/h2,4,9-10H,3,5-7H2,1H3. The normalized spacial score (nSPS) is 24.5. The van der Waals surface area contributed by atoms with E-state index in [9.17, 15) is 8.42 Å². The predicted molar refractivity (Wildman–Crippen MR) is 57.3 cm³/mol. The van der Waals surface area contributed by atoms with Crippen LogP contribution in [0.15, 0.2) is 12.3 Å². The lowest BCUT2D eigenvalue weighted by Gasteiger charge is -2.12. The Morgan fingerprint density at radius 2 is 2.47 bits per heavy atom. The van der Waals surface area contributed by atoms with Gasteiger partial charge in [-0.1, -0.05) is 0 Å². The third-order valence-corrected chi connectivity index (χ3v) is 4.41. The molecular weight excluding hydrogens is 214 g/mol. The molecule has 1 unspecified atom stereocenters. The minimum absolute atomic E-state index is 0.0216. The second-order valence-electron chi connectivity index (χ2n) is 3.85. The first-order valence-corrected chi connectivity index (χ1v) is 6.82. The van der Waals surface area contributed by atoms with Crippen molar-refractivity contribution in [1.82, 2.24) is 15.1 Å². The molecule has 0 bridgehead atoms. The molecule has 2 rings (SSSR count). The number of rotatable bonds is 3. The highest BCUT2D eigenvalue weighted by atomic mass is 32.2. The Bertz CT molecular complexity index is 438. The smallest absolute Gasteiger partial charge is 0.152 e. The van der Waals surface area contributed by atoms with E-state index >= 15 is 0 Å². The third-order valence-electron chi connectivity index (χ3n) is 2.66. The van der Waals surface area contributed by atoms with Crippen LogP contribution in [-0.2, 0) is 16.4 Å². The van der Waals surface area contributed by atoms with Crippen LogP contribution in [-0.4, -0.2) is 36.8 Å². The summed E-state index contributed by atoms with van der Waals surface area (Å²) in [5, 5.41) is 7.24. The fourth-order valence-corrected chi connectivity index (χ4v) is 3.65. The number of nitrogens with zero attached hydrogens (tertiary/aromatic N) is 2. The molecule has 2 heterocycles. The Balaban J connectivity index is 2.20. The molecule has 1 aromatic heterocycles. The van der Waals surface area contributed by atoms with Crippen molar-refractivity contribution in [2.24, 2.45) is 0 Å². The lowest BCUT2D eigenvalue weighted by Crippen LogP contribution is -2.18. The first-order valence-electron chi connectivity index (χ1n) is 5.00. The second kappa shape index (κ2) is 3.94. The van der Waals surface area contributed by atoms with Crippen LogP contribution >= 0.6 is 0 Å². The molecule has 1 aliphatic rings. The summed E-state index contributed by atoms with van der Waals surface area (Å²) in [4.78, 5) is 0. The summed E-state index contributed by atoms with van der Waals surface area (Å²) in [6, 6.07) is 1.94. The van der Waals surface area contributed by atoms with Crippen molar-refractivity contribution >= 4 is 9.84 Å². The van der Waals surface area contributed by atoms with E-state index < -0.39 is 9.84 Å². The molecule has 0 amide bonds. The zero-order valence-electron chi connectivity index (χ0n) is 8.68. The largest absolute Gasteiger partial charge is 0.314 e. The maximum absolute atomic E-state index is 11.3. The van der Waals surface area contributed by atoms with Gasteiger partial charge in [0.05, 0.1) is 23.2 Å². The van der Waals surface area contributed by atoms with Gasteiger partial charge in [-0.3, -0.25) is 4.68 Å². The van der Waals surface area contributed by atoms with E-state index in [4.69, 9.17) is 0 Å². The fourth-order valence-electron chi connectivity index (χ4n) is 1.96. The SMILES string of the molecule is CNCc1ccnn1C1CCS(=O)(=O)C1. The first kappa shape index (κ1) is 10.6. The molecule has 1 N–H and O–H groups in total. The summed E-state index contributed by atoms with van der Waals surface area (Å²) < 4.78 is 24.5. The van der Waals surface area contributed by atoms with Crippen LogP contribution in [0.3, 0.4) is 0 Å². The summed E-state index contributed by atoms with van der Waals surface area (Å²) in [6.07, 6.45) is 2.40. The van der Waals surface area contributed by atoms with Crippen LogP contribution in [0.1, 0.15) is 18.2 Å². The molecule has 0 aromatic carbocycles. The number of sulfone groups is 1. The number of nitrogens with one attached hydrogen (secondary N) is 1. The summed E-state index contributed by atoms with van der Waals surface area (Å²) >= 11 is 0. The van der Waals surface area contributed by atoms with Crippen molar-refractivity contribution in [3.8, 4) is 0 Å². The van der Waals surface area contributed by atoms with Gasteiger partial charge in [-0.05, 0) is 19.5 Å². The molecule has 1 saturated heterocycles. The molecule has 15 heavy (non-hydrogen) atoms. The Hall–Kier alpha value is -0.880. The van der Waals surface area contributed by atoms with E-state index in [1.807, 2.05) is 17.8 Å². The fraction of sp³-hybridized carbons (Fsp3) is 0.667. The minimum atomic E-state index is -2.83. The zero-order chi connectivity index (χ0) is 10.9. The van der Waals surface area contributed by atoms with Crippen molar-refractivity contribution in [2.45, 2.75) is 19.0 Å². The van der Waals surface area contributed by atoms with Crippen molar-refractivity contribution < 1.29 is 8.42 Å². The maximum atomic E-state index is 11.3. The Morgan fingerprint density at radius 1 is 1.67 bits per heavy atom. The molecule has 84 valence electrons. The molecule has 1 aliphatic heterocycles. The summed E-state index contributed by atoms with van der Waals surface area (Å²) in [5.74, 6) is 0.516. The third kappa shape index (κ3) is 2.21. The van der Waals surface area contributed by atoms with Gasteiger partial charge < -0.3 is 5.32 Å². The van der Waals surface area contributed by atoms with E-state index in [0.29, 0.717) is 6.42 Å². The topological polar surface area (TPSA) is 64.0 Å². The van der Waals surface area contributed by atoms with Gasteiger partial charge in [-0.15, -0.1) is 0 Å². The van der Waals surface area contributed by atoms with Gasteiger partial charge >= 0.3 is 0 Å². The first-order chi connectivity index (χ1) is 7.12. The van der Waals surface area contributed by atoms with E-state index in [1.54, 1.807) is 6.20 Å². The zero-order valence-corrected chi connectivity index (χ0v) is 9.50. The molecule has 0 aliphatic carbocycles. The van der Waals surface area contributed by atoms with Gasteiger partial charge in [0.25, 0.3) is 0 Å². The van der Waals surface area contributed by atoms with Gasteiger partial charge in [0, 0.05) is 12.7 Å². The summed E-state index contributed by atoms with van der Waals surface area (Å²) in [6.45, 7) is 0.719. The van der Waals surface area contributed by atoms with Gasteiger partial charge in [-0.2, -0.15) is 5.10 Å². The highest BCUT2D eigenvalue weighted by Gasteiger charge is 2.30. The van der Waals surface area contributed by atoms with Gasteiger partial charge in [-0.25, -0.2) is 8.42 Å². The van der Waals surface area contributed by atoms with Crippen molar-refractivity contribution in [2.75, 3.05) is 18.6 Å². The molecule has 5 nitrogen and oxygen atoms in total. The quantitative estimate of drug-likeness (QED) is 0.790. The van der Waals surface area contributed by atoms with Crippen LogP contribution in [0.5, 0.6) is 0 Å². The average molecular weight is 229 g/mol. The molecular formula is C9H15N3O2S. The van der Waals surface area contributed by atoms with E-state index in [-0.39, 0.29) is 17.5 Å². The number of aromatic nitrogens is 2. The van der Waals surface area contributed by atoms with E-state index in [2.05, 4.69) is 10.4 Å². The molecule has 0 saturated carbocycles. The van der Waals surface area contributed by atoms with Crippen LogP contribution in [0, 0.1) is 0 Å². The summed E-state index contributed by atoms with van der Waals surface area (Å²) in [7, 11) is -0.971. The lowest BCUT2D eigenvalue weighted by atomic mass is 10.2. The van der Waals surface area contributed by atoms with E-state index in [1.165, 1.54) is 0 Å². The maximum Gasteiger partial charge on any atom is 0.152 e. The van der Waals surface area contributed by atoms with Gasteiger partial charge in [0.2, 0.25) is 0 Å². The second-order valence-corrected chi connectivity index (χ2v) is 6.08. The van der Waals surface area contributed by atoms with Crippen LogP contribution in [0.25, 0.3) is 0 Å². The van der Waals surface area contributed by atoms with Gasteiger partial charge in [0.1, 0.15) is 0 Å². The highest BCUT2D eigenvalue weighted by Crippen LogP contribution is 2.24. The summed E-state index contributed by atoms with van der Waals surface area (Å²) in [5.41, 5.74) is 1.04. The number of hydrogen-bond donors (Lipinski definition) is 1. The Morgan fingerprint density at radius 3 is 3.07 bits per heavy atom. The molecule has 0 radical (unpaired) electrons. The lowest BCUT2D eigenvalue weighted by molar-refractivity contribution is 0.474. The molecule has 1 fully saturated rings. The predicted octanol–water partition coefficient (Wildman–Crippen LogP) is -0.0379. The van der Waals surface area contributed by atoms with Crippen LogP contribution in [0.2, 0.25) is 0 Å². The van der Waals surface area contributed by atoms with Crippen LogP contribution < -0.4 is 5.32 Å².